The summed E-state index contributed by atoms with van der Waals surface area (Å²) >= 11 is 0. The van der Waals surface area contributed by atoms with Gasteiger partial charge in [-0.3, -0.25) is 28.8 Å². The molecule has 4 fully saturated rings. The van der Waals surface area contributed by atoms with Gasteiger partial charge in [0.25, 0.3) is 5.92 Å². The van der Waals surface area contributed by atoms with E-state index in [1.54, 1.807) is 0 Å². The van der Waals surface area contributed by atoms with E-state index in [-0.39, 0.29) is 0 Å². The van der Waals surface area contributed by atoms with E-state index in [0.717, 1.165) is 41.5 Å². The molecule has 4 rings (SSSR count). The van der Waals surface area contributed by atoms with E-state index in [4.69, 9.17) is 67.9 Å². The Hall–Kier alpha value is -7.70. The van der Waals surface area contributed by atoms with Crippen LogP contribution in [-0.4, -0.2) is 172 Å². The van der Waals surface area contributed by atoms with Gasteiger partial charge in [-0.25, -0.2) is 8.78 Å². The topological polar surface area (TPSA) is 506 Å². The van der Waals surface area contributed by atoms with Crippen molar-refractivity contribution < 1.29 is 94.4 Å². The van der Waals surface area contributed by atoms with Crippen molar-refractivity contribution in [2.45, 2.75) is 164 Å². The number of hydrogen-bond donors (Lipinski definition) is 0. The molecule has 0 amide bonds. The van der Waals surface area contributed by atoms with Crippen molar-refractivity contribution in [3.8, 4) is 0 Å². The van der Waals surface area contributed by atoms with Crippen LogP contribution in [0.1, 0.15) is 48.0 Å². The van der Waals surface area contributed by atoms with Crippen molar-refractivity contribution in [3.63, 3.8) is 0 Å². The molecule has 38 heteroatoms. The minimum absolute atomic E-state index is 0.613. The monoisotopic (exact) mass is 1040 g/mol. The van der Waals surface area contributed by atoms with Crippen molar-refractivity contribution in [2.75, 3.05) is 19.7 Å². The number of rotatable bonds is 21. The molecule has 3 saturated heterocycles. The molecule has 0 aromatic heterocycles. The molecule has 18 atom stereocenters. The number of azide groups is 6. The van der Waals surface area contributed by atoms with Gasteiger partial charge in [0, 0.05) is 71.0 Å². The van der Waals surface area contributed by atoms with Crippen LogP contribution in [0.15, 0.2) is 30.7 Å². The second-order valence-electron chi connectivity index (χ2n) is 15.7. The highest BCUT2D eigenvalue weighted by Crippen LogP contribution is 2.43. The first-order valence-corrected chi connectivity index (χ1v) is 21.1. The summed E-state index contributed by atoms with van der Waals surface area (Å²) in [5.41, 5.74) is 56.7. The molecule has 3 heterocycles. The molecular formula is C35H44F2N18O18. The third-order valence-corrected chi connectivity index (χ3v) is 10.7. The zero-order valence-corrected chi connectivity index (χ0v) is 38.9. The summed E-state index contributed by atoms with van der Waals surface area (Å²) in [5.74, 6) is -10.8. The SMILES string of the molecule is CC(=O)OC[C@H]1O[C@@H](O[C@@H]2[C@@H](OC(C)=O)[C@H](N=[N+]=[N-])C[C@H](N=[N+]=[N-])[C@H]2O[C@H]2O[C@H](CN=[N+]=[N-])[C@@H](OC(C)=O)C(F)(F)C2N=[N+]=[N-])[C@H](OC(C)=O)[C@@H]1O[C@H]1O[C@@H](CN=[N+]=[N-])[C@@H](OC(C)=O)[C@H](OC(C)=O)C1N=[N+]=[N-]. The number of alkyl halides is 2. The lowest BCUT2D eigenvalue weighted by molar-refractivity contribution is -0.332. The van der Waals surface area contributed by atoms with Crippen molar-refractivity contribution in [3.05, 3.63) is 62.7 Å². The van der Waals surface area contributed by atoms with E-state index < -0.39 is 178 Å². The molecule has 3 aliphatic heterocycles. The van der Waals surface area contributed by atoms with Crippen molar-refractivity contribution in [2.24, 2.45) is 30.7 Å². The Balaban J connectivity index is 1.94. The predicted octanol–water partition coefficient (Wildman–Crippen LogP) is 3.91. The third kappa shape index (κ3) is 14.9. The maximum absolute atomic E-state index is 16.5. The van der Waals surface area contributed by atoms with Gasteiger partial charge in [0.15, 0.2) is 49.3 Å². The minimum atomic E-state index is -4.41. The molecule has 36 nitrogen and oxygen atoms in total. The summed E-state index contributed by atoms with van der Waals surface area (Å²) in [5, 5.41) is 20.8. The number of hydrogen-bond acceptors (Lipinski definition) is 24. The average Bonchev–Trinajstić information content (AvgIpc) is 3.61. The van der Waals surface area contributed by atoms with Gasteiger partial charge in [-0.2, -0.15) is 0 Å². The lowest BCUT2D eigenvalue weighted by atomic mass is 9.83. The fraction of sp³-hybridized carbons (Fsp3) is 0.829. The van der Waals surface area contributed by atoms with Crippen LogP contribution in [0, 0.1) is 0 Å². The van der Waals surface area contributed by atoms with Gasteiger partial charge in [0.2, 0.25) is 0 Å². The first kappa shape index (κ1) is 57.9. The van der Waals surface area contributed by atoms with Crippen molar-refractivity contribution >= 4 is 35.8 Å². The molecule has 0 aromatic rings. The standard InChI is InChI=1S/C35H44F2N18O18/c1-11(56)62-10-21-26(72-32-22(48-54-42)27(65-14(4)59)25(64-13(3)58)19(68-32)8-44-50-38)29(66-15(5)60)33(70-21)73-28-23(63-12(2)57)17(46-52-40)7-18(47-53-41)24(28)71-34-30(49-55-43)35(36,37)31(67-16(6)61)20(69-34)9-45-51-39/h17-34H,7-10H2,1-6H3/t17-,18+,19+,20-,21-,22?,23+,24-,25-,26-,27-,28-,29-,30?,31-,32-,33+,34-/m1/s1. The van der Waals surface area contributed by atoms with Gasteiger partial charge in [0.1, 0.15) is 49.3 Å². The molecule has 4 aliphatic rings. The van der Waals surface area contributed by atoms with E-state index in [2.05, 4.69) is 60.2 Å². The largest absolute Gasteiger partial charge is 0.463 e. The lowest BCUT2D eigenvalue weighted by Gasteiger charge is -2.48. The highest BCUT2D eigenvalue weighted by molar-refractivity contribution is 5.68. The molecule has 0 spiro atoms. The van der Waals surface area contributed by atoms with E-state index >= 15 is 8.78 Å². The minimum Gasteiger partial charge on any atom is -0.463 e. The van der Waals surface area contributed by atoms with Gasteiger partial charge in [-0.15, -0.1) is 0 Å². The van der Waals surface area contributed by atoms with Gasteiger partial charge in [-0.05, 0) is 39.6 Å². The average molecular weight is 1040 g/mol. The Bertz CT molecular complexity index is 2380. The highest BCUT2D eigenvalue weighted by atomic mass is 19.3. The normalized spacial score (nSPS) is 34.0. The van der Waals surface area contributed by atoms with Crippen LogP contribution >= 0.6 is 0 Å². The molecule has 0 radical (unpaired) electrons. The second-order valence-corrected chi connectivity index (χ2v) is 15.7. The van der Waals surface area contributed by atoms with E-state index in [9.17, 15) is 50.9 Å². The summed E-state index contributed by atoms with van der Waals surface area (Å²) in [6, 6.07) is -7.92. The van der Waals surface area contributed by atoms with Crippen molar-refractivity contribution in [1.29, 1.82) is 0 Å². The molecule has 1 saturated carbocycles. The number of carbonyl (C=O) groups excluding carboxylic acids is 6. The van der Waals surface area contributed by atoms with E-state index in [1.807, 2.05) is 0 Å². The van der Waals surface area contributed by atoms with Crippen LogP contribution in [0.25, 0.3) is 62.7 Å². The molecule has 396 valence electrons. The van der Waals surface area contributed by atoms with Crippen LogP contribution in [0.3, 0.4) is 0 Å². The van der Waals surface area contributed by atoms with E-state index in [1.165, 1.54) is 0 Å². The molecule has 2 unspecified atom stereocenters. The number of nitrogens with zero attached hydrogens (tertiary/aromatic N) is 18. The van der Waals surface area contributed by atoms with Gasteiger partial charge in [0.05, 0.1) is 31.3 Å². The molecule has 1 aliphatic carbocycles. The maximum Gasteiger partial charge on any atom is 0.303 e. The van der Waals surface area contributed by atoms with Gasteiger partial charge >= 0.3 is 35.8 Å². The predicted molar refractivity (Wildman–Crippen MR) is 224 cm³/mol. The fourth-order valence-electron chi connectivity index (χ4n) is 8.15. The van der Waals surface area contributed by atoms with Crippen LogP contribution in [0.2, 0.25) is 0 Å². The van der Waals surface area contributed by atoms with Crippen LogP contribution < -0.4 is 0 Å². The quantitative estimate of drug-likeness (QED) is 0.0517. The number of halogens is 2. The number of carbonyl (C=O) groups is 6. The van der Waals surface area contributed by atoms with Crippen LogP contribution in [0.4, 0.5) is 8.78 Å². The Morgan fingerprint density at radius 1 is 0.493 bits per heavy atom. The zero-order chi connectivity index (χ0) is 54.2. The maximum atomic E-state index is 16.5. The summed E-state index contributed by atoms with van der Waals surface area (Å²) in [4.78, 5) is 90.6. The van der Waals surface area contributed by atoms with Crippen LogP contribution in [-0.2, 0) is 85.6 Å². The second kappa shape index (κ2) is 26.7. The zero-order valence-electron chi connectivity index (χ0n) is 38.9. The van der Waals surface area contributed by atoms with E-state index in [0.29, 0.717) is 0 Å². The molecule has 73 heavy (non-hydrogen) atoms. The number of ether oxygens (including phenoxy) is 12. The number of esters is 6. The Morgan fingerprint density at radius 2 is 0.959 bits per heavy atom. The fourth-order valence-corrected chi connectivity index (χ4v) is 8.15. The Kier molecular flexibility index (Phi) is 21.1. The highest BCUT2D eigenvalue weighted by Gasteiger charge is 2.63. The molecular weight excluding hydrogens is 998 g/mol. The first-order chi connectivity index (χ1) is 34.6. The molecule has 0 bridgehead atoms. The van der Waals surface area contributed by atoms with Gasteiger partial charge in [-0.1, -0.05) is 30.7 Å². The van der Waals surface area contributed by atoms with Gasteiger partial charge < -0.3 is 56.8 Å². The van der Waals surface area contributed by atoms with Crippen LogP contribution in [0.5, 0.6) is 0 Å². The molecule has 0 aromatic carbocycles. The van der Waals surface area contributed by atoms with Crippen molar-refractivity contribution in [1.82, 2.24) is 0 Å². The third-order valence-electron chi connectivity index (χ3n) is 10.7. The summed E-state index contributed by atoms with van der Waals surface area (Å²) in [6.07, 6.45) is -28.5. The smallest absolute Gasteiger partial charge is 0.303 e. The first-order valence-electron chi connectivity index (χ1n) is 21.1. The Labute approximate surface area is 407 Å². The molecule has 0 N–H and O–H groups in total. The Morgan fingerprint density at radius 3 is 1.49 bits per heavy atom. The summed E-state index contributed by atoms with van der Waals surface area (Å²) < 4.78 is 101. The lowest BCUT2D eigenvalue weighted by Crippen LogP contribution is -2.66. The summed E-state index contributed by atoms with van der Waals surface area (Å²) in [6.45, 7) is 3.02. The summed E-state index contributed by atoms with van der Waals surface area (Å²) in [7, 11) is 0.